The summed E-state index contributed by atoms with van der Waals surface area (Å²) in [7, 11) is 1.70. The molecule has 2 heterocycles. The van der Waals surface area contributed by atoms with Gasteiger partial charge in [0.15, 0.2) is 5.69 Å². The van der Waals surface area contributed by atoms with E-state index in [1.807, 2.05) is 18.2 Å². The van der Waals surface area contributed by atoms with Crippen LogP contribution in [0.3, 0.4) is 0 Å². The molecule has 1 amide bonds. The Hall–Kier alpha value is -2.54. The molecule has 0 spiro atoms. The smallest absolute Gasteiger partial charge is 0.273 e. The van der Waals surface area contributed by atoms with E-state index in [4.69, 9.17) is 9.26 Å². The number of piperazine rings is 1. The number of nitrogens with one attached hydrogen (secondary N) is 1. The van der Waals surface area contributed by atoms with Crippen LogP contribution < -0.4 is 15.0 Å². The highest BCUT2D eigenvalue weighted by molar-refractivity contribution is 5.92. The molecule has 0 radical (unpaired) electrons. The van der Waals surface area contributed by atoms with Crippen molar-refractivity contribution in [3.63, 3.8) is 0 Å². The van der Waals surface area contributed by atoms with E-state index in [-0.39, 0.29) is 5.91 Å². The van der Waals surface area contributed by atoms with Crippen molar-refractivity contribution in [3.05, 3.63) is 41.8 Å². The summed E-state index contributed by atoms with van der Waals surface area (Å²) in [4.78, 5) is 16.6. The molecule has 25 heavy (non-hydrogen) atoms. The molecule has 1 N–H and O–H groups in total. The fourth-order valence-corrected chi connectivity index (χ4v) is 2.99. The number of nitrogens with zero attached hydrogens (tertiary/aromatic N) is 3. The summed E-state index contributed by atoms with van der Waals surface area (Å²) in [5.41, 5.74) is 1.47. The van der Waals surface area contributed by atoms with Crippen molar-refractivity contribution < 1.29 is 14.1 Å². The molecule has 0 bridgehead atoms. The first kappa shape index (κ1) is 17.3. The molecular formula is C18H24N4O3. The van der Waals surface area contributed by atoms with Gasteiger partial charge in [0.05, 0.1) is 12.8 Å². The van der Waals surface area contributed by atoms with Gasteiger partial charge in [-0.25, -0.2) is 0 Å². The van der Waals surface area contributed by atoms with Gasteiger partial charge in [-0.1, -0.05) is 17.3 Å². The topological polar surface area (TPSA) is 70.8 Å². The number of methoxy groups -OCH3 is 1. The summed E-state index contributed by atoms with van der Waals surface area (Å²) in [5, 5.41) is 6.61. The average molecular weight is 344 g/mol. The SMILES string of the molecule is COc1ccccc1N1CCN(CCNC(=O)c2cc(C)on2)CC1. The Balaban J connectivity index is 1.43. The van der Waals surface area contributed by atoms with E-state index in [1.165, 1.54) is 0 Å². The lowest BCUT2D eigenvalue weighted by molar-refractivity contribution is 0.0938. The van der Waals surface area contributed by atoms with Crippen molar-refractivity contribution in [3.8, 4) is 5.75 Å². The second-order valence-electron chi connectivity index (χ2n) is 6.08. The standard InChI is InChI=1S/C18H24N4O3/c1-14-13-15(20-25-14)18(23)19-7-8-21-9-11-22(12-10-21)16-5-3-4-6-17(16)24-2/h3-6,13H,7-12H2,1-2H3,(H,19,23). The number of anilines is 1. The van der Waals surface area contributed by atoms with E-state index < -0.39 is 0 Å². The molecule has 1 saturated heterocycles. The van der Waals surface area contributed by atoms with Gasteiger partial charge in [0.2, 0.25) is 0 Å². The molecule has 0 unspecified atom stereocenters. The van der Waals surface area contributed by atoms with Crippen molar-refractivity contribution in [1.82, 2.24) is 15.4 Å². The molecule has 7 heteroatoms. The van der Waals surface area contributed by atoms with Gasteiger partial charge in [-0.05, 0) is 19.1 Å². The summed E-state index contributed by atoms with van der Waals surface area (Å²) in [6.45, 7) is 6.98. The monoisotopic (exact) mass is 344 g/mol. The van der Waals surface area contributed by atoms with Crippen LogP contribution in [0.25, 0.3) is 0 Å². The van der Waals surface area contributed by atoms with Crippen LogP contribution in [0.1, 0.15) is 16.2 Å². The molecule has 134 valence electrons. The zero-order chi connectivity index (χ0) is 17.6. The van der Waals surface area contributed by atoms with Gasteiger partial charge in [-0.15, -0.1) is 0 Å². The molecule has 1 aromatic carbocycles. The van der Waals surface area contributed by atoms with Gasteiger partial charge in [0.25, 0.3) is 5.91 Å². The number of benzene rings is 1. The number of carbonyl (C=O) groups excluding carboxylic acids is 1. The maximum atomic E-state index is 11.9. The van der Waals surface area contributed by atoms with Crippen LogP contribution in [0.4, 0.5) is 5.69 Å². The van der Waals surface area contributed by atoms with Crippen LogP contribution in [0.5, 0.6) is 5.75 Å². The van der Waals surface area contributed by atoms with Crippen molar-refractivity contribution >= 4 is 11.6 Å². The van der Waals surface area contributed by atoms with E-state index in [0.717, 1.165) is 44.2 Å². The third-order valence-corrected chi connectivity index (χ3v) is 4.37. The number of aryl methyl sites for hydroxylation is 1. The molecule has 7 nitrogen and oxygen atoms in total. The molecule has 3 rings (SSSR count). The second kappa shape index (κ2) is 8.02. The highest BCUT2D eigenvalue weighted by atomic mass is 16.5. The van der Waals surface area contributed by atoms with Crippen molar-refractivity contribution in [2.24, 2.45) is 0 Å². The molecule has 1 aliphatic rings. The Kier molecular flexibility index (Phi) is 5.55. The Bertz CT molecular complexity index is 708. The Morgan fingerprint density at radius 3 is 2.72 bits per heavy atom. The third-order valence-electron chi connectivity index (χ3n) is 4.37. The number of aromatic nitrogens is 1. The Labute approximate surface area is 147 Å². The lowest BCUT2D eigenvalue weighted by atomic mass is 10.2. The summed E-state index contributed by atoms with van der Waals surface area (Å²) in [6, 6.07) is 9.74. The quantitative estimate of drug-likeness (QED) is 0.857. The second-order valence-corrected chi connectivity index (χ2v) is 6.08. The highest BCUT2D eigenvalue weighted by Crippen LogP contribution is 2.28. The number of hydrogen-bond donors (Lipinski definition) is 1. The molecule has 0 atom stereocenters. The van der Waals surface area contributed by atoms with Gasteiger partial charge in [-0.3, -0.25) is 9.69 Å². The van der Waals surface area contributed by atoms with E-state index in [2.05, 4.69) is 26.3 Å². The number of para-hydroxylation sites is 2. The molecular weight excluding hydrogens is 320 g/mol. The molecule has 2 aromatic rings. The average Bonchev–Trinajstić information content (AvgIpc) is 3.09. The van der Waals surface area contributed by atoms with Gasteiger partial charge < -0.3 is 19.5 Å². The molecule has 0 saturated carbocycles. The van der Waals surface area contributed by atoms with Crippen LogP contribution in [-0.2, 0) is 0 Å². The predicted octanol–water partition coefficient (Wildman–Crippen LogP) is 1.54. The minimum absolute atomic E-state index is 0.190. The third kappa shape index (κ3) is 4.30. The molecule has 1 fully saturated rings. The summed E-state index contributed by atoms with van der Waals surface area (Å²) in [5.74, 6) is 1.35. The Morgan fingerprint density at radius 1 is 1.28 bits per heavy atom. The number of ether oxygens (including phenoxy) is 1. The van der Waals surface area contributed by atoms with Crippen LogP contribution in [-0.4, -0.2) is 62.3 Å². The summed E-state index contributed by atoms with van der Waals surface area (Å²) in [6.07, 6.45) is 0. The van der Waals surface area contributed by atoms with Crippen molar-refractivity contribution in [2.75, 3.05) is 51.3 Å². The van der Waals surface area contributed by atoms with Crippen LogP contribution >= 0.6 is 0 Å². The van der Waals surface area contributed by atoms with Crippen LogP contribution in [0.15, 0.2) is 34.9 Å². The zero-order valence-corrected chi connectivity index (χ0v) is 14.7. The normalized spacial score (nSPS) is 15.2. The number of rotatable bonds is 6. The zero-order valence-electron chi connectivity index (χ0n) is 14.7. The first-order chi connectivity index (χ1) is 12.2. The van der Waals surface area contributed by atoms with E-state index >= 15 is 0 Å². The highest BCUT2D eigenvalue weighted by Gasteiger charge is 2.19. The van der Waals surface area contributed by atoms with Crippen molar-refractivity contribution in [1.29, 1.82) is 0 Å². The minimum Gasteiger partial charge on any atom is -0.495 e. The van der Waals surface area contributed by atoms with Gasteiger partial charge in [-0.2, -0.15) is 0 Å². The van der Waals surface area contributed by atoms with Crippen molar-refractivity contribution in [2.45, 2.75) is 6.92 Å². The van der Waals surface area contributed by atoms with Gasteiger partial charge >= 0.3 is 0 Å². The summed E-state index contributed by atoms with van der Waals surface area (Å²) < 4.78 is 10.4. The fraction of sp³-hybridized carbons (Fsp3) is 0.444. The van der Waals surface area contributed by atoms with E-state index in [0.29, 0.717) is 18.0 Å². The first-order valence-corrected chi connectivity index (χ1v) is 8.49. The number of carbonyl (C=O) groups is 1. The maximum absolute atomic E-state index is 11.9. The largest absolute Gasteiger partial charge is 0.495 e. The summed E-state index contributed by atoms with van der Waals surface area (Å²) >= 11 is 0. The number of hydrogen-bond acceptors (Lipinski definition) is 6. The Morgan fingerprint density at radius 2 is 2.04 bits per heavy atom. The lowest BCUT2D eigenvalue weighted by Crippen LogP contribution is -2.48. The fourth-order valence-electron chi connectivity index (χ4n) is 2.99. The van der Waals surface area contributed by atoms with E-state index in [9.17, 15) is 4.79 Å². The minimum atomic E-state index is -0.190. The maximum Gasteiger partial charge on any atom is 0.273 e. The molecule has 1 aromatic heterocycles. The van der Waals surface area contributed by atoms with Gasteiger partial charge in [0, 0.05) is 45.3 Å². The molecule has 1 aliphatic heterocycles. The first-order valence-electron chi connectivity index (χ1n) is 8.49. The predicted molar refractivity (Wildman–Crippen MR) is 95.2 cm³/mol. The van der Waals surface area contributed by atoms with Crippen LogP contribution in [0, 0.1) is 6.92 Å². The lowest BCUT2D eigenvalue weighted by Gasteiger charge is -2.36. The number of amides is 1. The van der Waals surface area contributed by atoms with Gasteiger partial charge in [0.1, 0.15) is 11.5 Å². The van der Waals surface area contributed by atoms with E-state index in [1.54, 1.807) is 20.1 Å². The van der Waals surface area contributed by atoms with Crippen LogP contribution in [0.2, 0.25) is 0 Å². The molecule has 0 aliphatic carbocycles.